The molecule has 0 N–H and O–H groups in total. The summed E-state index contributed by atoms with van der Waals surface area (Å²) in [6.45, 7) is 22.0. The first-order valence-corrected chi connectivity index (χ1v) is 15.3. The van der Waals surface area contributed by atoms with Crippen LogP contribution < -0.4 is 8.85 Å². The predicted molar refractivity (Wildman–Crippen MR) is 115 cm³/mol. The number of hydrogen-bond acceptors (Lipinski definition) is 3. The van der Waals surface area contributed by atoms with E-state index in [0.717, 1.165) is 6.29 Å². The smallest absolute Gasteiger partial charge is 0.250 e. The number of carbonyl (C=O) groups is 1. The lowest BCUT2D eigenvalue weighted by Gasteiger charge is -2.38. The van der Waals surface area contributed by atoms with Crippen molar-refractivity contribution < 1.29 is 13.6 Å². The maximum atomic E-state index is 11.5. The molecule has 0 bridgehead atoms. The molecule has 0 aliphatic rings. The average molecular weight is 446 g/mol. The summed E-state index contributed by atoms with van der Waals surface area (Å²) in [6.07, 6.45) is 0.848. The topological polar surface area (TPSA) is 35.5 Å². The standard InChI is InChI=1S/C19H33BrO3Si2/c1-18(2,3)24(7,8)22-15-11-14(13-21)17(20)16(12-15)23-25(9,10)19(4,5)6/h11-13H,1-10H3. The minimum atomic E-state index is -2.02. The Morgan fingerprint density at radius 3 is 1.72 bits per heavy atom. The van der Waals surface area contributed by atoms with Crippen LogP contribution in [0.2, 0.25) is 36.3 Å². The van der Waals surface area contributed by atoms with Crippen molar-refractivity contribution in [2.75, 3.05) is 0 Å². The zero-order chi connectivity index (χ0) is 19.8. The molecule has 6 heteroatoms. The molecule has 0 atom stereocenters. The van der Waals surface area contributed by atoms with Crippen molar-refractivity contribution in [3.05, 3.63) is 22.2 Å². The highest BCUT2D eigenvalue weighted by atomic mass is 79.9. The zero-order valence-corrected chi connectivity index (χ0v) is 20.9. The van der Waals surface area contributed by atoms with Crippen molar-refractivity contribution >= 4 is 38.9 Å². The molecule has 0 amide bonds. The Kier molecular flexibility index (Phi) is 6.46. The van der Waals surface area contributed by atoms with Gasteiger partial charge in [-0.05, 0) is 58.3 Å². The number of carbonyl (C=O) groups excluding carboxylic acids is 1. The molecule has 0 spiro atoms. The largest absolute Gasteiger partial charge is 0.543 e. The first kappa shape index (κ1) is 22.4. The maximum Gasteiger partial charge on any atom is 0.250 e. The molecule has 0 heterocycles. The van der Waals surface area contributed by atoms with Crippen molar-refractivity contribution in [1.29, 1.82) is 0 Å². The van der Waals surface area contributed by atoms with E-state index in [2.05, 4.69) is 83.7 Å². The van der Waals surface area contributed by atoms with E-state index < -0.39 is 16.6 Å². The quantitative estimate of drug-likeness (QED) is 0.361. The van der Waals surface area contributed by atoms with Crippen molar-refractivity contribution in [3.8, 4) is 11.5 Å². The molecule has 0 aliphatic carbocycles. The zero-order valence-electron chi connectivity index (χ0n) is 17.3. The molecule has 0 radical (unpaired) electrons. The molecule has 0 saturated carbocycles. The lowest BCUT2D eigenvalue weighted by molar-refractivity contribution is 0.112. The average Bonchev–Trinajstić information content (AvgIpc) is 2.38. The van der Waals surface area contributed by atoms with E-state index >= 15 is 0 Å². The minimum Gasteiger partial charge on any atom is -0.543 e. The van der Waals surface area contributed by atoms with Gasteiger partial charge in [-0.1, -0.05) is 41.5 Å². The third-order valence-electron chi connectivity index (χ3n) is 5.52. The Labute approximate surface area is 163 Å². The van der Waals surface area contributed by atoms with Crippen molar-refractivity contribution in [3.63, 3.8) is 0 Å². The molecule has 0 aliphatic heterocycles. The van der Waals surface area contributed by atoms with Gasteiger partial charge in [-0.25, -0.2) is 0 Å². The van der Waals surface area contributed by atoms with Crippen LogP contribution in [0, 0.1) is 0 Å². The fourth-order valence-corrected chi connectivity index (χ4v) is 4.27. The normalized spacial score (nSPS) is 13.6. The van der Waals surface area contributed by atoms with Gasteiger partial charge in [-0.15, -0.1) is 0 Å². The predicted octanol–water partition coefficient (Wildman–Crippen LogP) is 7.03. The Hall–Kier alpha value is -0.596. The number of hydrogen-bond donors (Lipinski definition) is 0. The molecular formula is C19H33BrO3Si2. The summed E-state index contributed by atoms with van der Waals surface area (Å²) in [7, 11) is -4.01. The fraction of sp³-hybridized carbons (Fsp3) is 0.632. The SMILES string of the molecule is CC(C)(C)[Si](C)(C)Oc1cc(C=O)c(Br)c(O[Si](C)(C)C(C)(C)C)c1. The Bertz CT molecular complexity index is 641. The van der Waals surface area contributed by atoms with Crippen molar-refractivity contribution in [1.82, 2.24) is 0 Å². The second-order valence-electron chi connectivity index (χ2n) is 9.67. The first-order chi connectivity index (χ1) is 11.0. The van der Waals surface area contributed by atoms with Crippen LogP contribution in [0.5, 0.6) is 11.5 Å². The third-order valence-corrected chi connectivity index (χ3v) is 15.1. The molecule has 3 nitrogen and oxygen atoms in total. The van der Waals surface area contributed by atoms with E-state index in [4.69, 9.17) is 8.85 Å². The molecule has 1 aromatic carbocycles. The number of aldehydes is 1. The minimum absolute atomic E-state index is 0.0735. The summed E-state index contributed by atoms with van der Waals surface area (Å²) in [5.41, 5.74) is 0.560. The Morgan fingerprint density at radius 2 is 1.32 bits per heavy atom. The van der Waals surface area contributed by atoms with Gasteiger partial charge in [0, 0.05) is 11.6 Å². The number of benzene rings is 1. The molecular weight excluding hydrogens is 412 g/mol. The summed E-state index contributed by atoms with van der Waals surface area (Å²) in [5.74, 6) is 1.41. The van der Waals surface area contributed by atoms with Gasteiger partial charge in [0.25, 0.3) is 8.32 Å². The summed E-state index contributed by atoms with van der Waals surface area (Å²) >= 11 is 3.54. The molecule has 0 aromatic heterocycles. The third kappa shape index (κ3) is 5.20. The van der Waals surface area contributed by atoms with E-state index in [1.165, 1.54) is 0 Å². The van der Waals surface area contributed by atoms with Crippen molar-refractivity contribution in [2.45, 2.75) is 77.8 Å². The molecule has 0 fully saturated rings. The highest BCUT2D eigenvalue weighted by molar-refractivity contribution is 9.10. The summed E-state index contributed by atoms with van der Waals surface area (Å²) < 4.78 is 13.6. The highest BCUT2D eigenvalue weighted by Crippen LogP contribution is 2.43. The molecule has 1 aromatic rings. The molecule has 0 unspecified atom stereocenters. The van der Waals surface area contributed by atoms with Crippen LogP contribution in [0.3, 0.4) is 0 Å². The van der Waals surface area contributed by atoms with Crippen LogP contribution in [0.1, 0.15) is 51.9 Å². The summed E-state index contributed by atoms with van der Waals surface area (Å²) in [4.78, 5) is 11.5. The summed E-state index contributed by atoms with van der Waals surface area (Å²) in [5, 5.41) is 0.159. The fourth-order valence-electron chi connectivity index (χ4n) is 1.69. The van der Waals surface area contributed by atoms with Crippen molar-refractivity contribution in [2.24, 2.45) is 0 Å². The Balaban J connectivity index is 3.35. The second-order valence-corrected chi connectivity index (χ2v) is 19.9. The van der Waals surface area contributed by atoms with Gasteiger partial charge in [0.15, 0.2) is 6.29 Å². The van der Waals surface area contributed by atoms with Crippen LogP contribution in [0.4, 0.5) is 0 Å². The summed E-state index contributed by atoms with van der Waals surface area (Å²) in [6, 6.07) is 3.73. The number of rotatable bonds is 5. The highest BCUT2D eigenvalue weighted by Gasteiger charge is 2.41. The van der Waals surface area contributed by atoms with Gasteiger partial charge in [0.1, 0.15) is 11.5 Å². The van der Waals surface area contributed by atoms with E-state index in [-0.39, 0.29) is 10.1 Å². The molecule has 25 heavy (non-hydrogen) atoms. The van der Waals surface area contributed by atoms with E-state index in [1.54, 1.807) is 6.07 Å². The van der Waals surface area contributed by atoms with Crippen LogP contribution in [-0.4, -0.2) is 22.9 Å². The van der Waals surface area contributed by atoms with E-state index in [9.17, 15) is 4.79 Å². The number of halogens is 1. The van der Waals surface area contributed by atoms with E-state index in [1.807, 2.05) is 6.07 Å². The molecule has 0 saturated heterocycles. The first-order valence-electron chi connectivity index (χ1n) is 8.68. The molecule has 1 rings (SSSR count). The lowest BCUT2D eigenvalue weighted by atomic mass is 10.2. The van der Waals surface area contributed by atoms with Crippen LogP contribution in [0.15, 0.2) is 16.6 Å². The molecule has 142 valence electrons. The van der Waals surface area contributed by atoms with E-state index in [0.29, 0.717) is 21.5 Å². The maximum absolute atomic E-state index is 11.5. The van der Waals surface area contributed by atoms with Gasteiger partial charge in [0.05, 0.1) is 4.47 Å². The second kappa shape index (κ2) is 7.20. The Morgan fingerprint density at radius 1 is 0.880 bits per heavy atom. The van der Waals surface area contributed by atoms with Crippen LogP contribution in [0.25, 0.3) is 0 Å². The van der Waals surface area contributed by atoms with Gasteiger partial charge in [-0.3, -0.25) is 4.79 Å². The lowest BCUT2D eigenvalue weighted by Crippen LogP contribution is -2.44. The van der Waals surface area contributed by atoms with Gasteiger partial charge >= 0.3 is 0 Å². The van der Waals surface area contributed by atoms with Gasteiger partial charge < -0.3 is 8.85 Å². The van der Waals surface area contributed by atoms with Gasteiger partial charge in [0.2, 0.25) is 8.32 Å². The monoisotopic (exact) mass is 444 g/mol. The van der Waals surface area contributed by atoms with Crippen LogP contribution >= 0.6 is 15.9 Å². The van der Waals surface area contributed by atoms with Crippen LogP contribution in [-0.2, 0) is 0 Å². The van der Waals surface area contributed by atoms with Gasteiger partial charge in [-0.2, -0.15) is 0 Å².